The van der Waals surface area contributed by atoms with Crippen LogP contribution in [0.25, 0.3) is 16.8 Å². The summed E-state index contributed by atoms with van der Waals surface area (Å²) in [6, 6.07) is 19.2. The van der Waals surface area contributed by atoms with Crippen LogP contribution in [0, 0.1) is 12.3 Å². The van der Waals surface area contributed by atoms with Crippen LogP contribution in [0.1, 0.15) is 5.56 Å². The molecule has 0 unspecified atom stereocenters. The number of carbonyl (C=O) groups is 1. The number of terminal acetylenes is 1. The van der Waals surface area contributed by atoms with E-state index in [4.69, 9.17) is 28.1 Å². The van der Waals surface area contributed by atoms with Crippen molar-refractivity contribution in [2.75, 3.05) is 18.6 Å². The van der Waals surface area contributed by atoms with Crippen molar-refractivity contribution in [3.63, 3.8) is 0 Å². The number of rotatable bonds is 5. The Morgan fingerprint density at radius 1 is 1.13 bits per heavy atom. The molecule has 6 heteroatoms. The lowest BCUT2D eigenvalue weighted by atomic mass is 10.1. The average molecular weight is 432 g/mol. The molecule has 1 amide bonds. The maximum atomic E-state index is 13.2. The summed E-state index contributed by atoms with van der Waals surface area (Å²) in [5, 5.41) is 2.04. The Morgan fingerprint density at radius 3 is 2.73 bits per heavy atom. The van der Waals surface area contributed by atoms with Gasteiger partial charge in [-0.25, -0.2) is 0 Å². The van der Waals surface area contributed by atoms with Crippen LogP contribution in [-0.4, -0.2) is 23.9 Å². The fourth-order valence-electron chi connectivity index (χ4n) is 3.24. The molecular formula is C24H17NO3S2. The quantitative estimate of drug-likeness (QED) is 0.313. The summed E-state index contributed by atoms with van der Waals surface area (Å²) in [5.41, 5.74) is 1.59. The van der Waals surface area contributed by atoms with Crippen LogP contribution < -0.4 is 14.4 Å². The van der Waals surface area contributed by atoms with Gasteiger partial charge in [-0.2, -0.15) is 0 Å². The molecule has 1 aliphatic heterocycles. The molecule has 4 nitrogen and oxygen atoms in total. The molecule has 0 radical (unpaired) electrons. The second-order valence-corrected chi connectivity index (χ2v) is 8.09. The Hall–Kier alpha value is -3.27. The number of methoxy groups -OCH3 is 1. The van der Waals surface area contributed by atoms with Crippen LogP contribution in [0.4, 0.5) is 5.69 Å². The number of thiocarbonyl (C=S) groups is 1. The van der Waals surface area contributed by atoms with E-state index in [0.29, 0.717) is 20.7 Å². The predicted molar refractivity (Wildman–Crippen MR) is 127 cm³/mol. The van der Waals surface area contributed by atoms with E-state index in [2.05, 4.69) is 5.92 Å². The first kappa shape index (κ1) is 20.0. The normalized spacial score (nSPS) is 14.9. The molecule has 0 saturated carbocycles. The second-order valence-electron chi connectivity index (χ2n) is 6.42. The molecule has 0 aromatic heterocycles. The molecule has 1 saturated heterocycles. The molecule has 0 bridgehead atoms. The number of ether oxygens (including phenoxy) is 2. The third-order valence-electron chi connectivity index (χ3n) is 4.60. The maximum absolute atomic E-state index is 13.2. The van der Waals surface area contributed by atoms with E-state index in [1.807, 2.05) is 48.5 Å². The molecular weight excluding hydrogens is 414 g/mol. The van der Waals surface area contributed by atoms with Gasteiger partial charge in [0, 0.05) is 5.39 Å². The fourth-order valence-corrected chi connectivity index (χ4v) is 4.53. The van der Waals surface area contributed by atoms with Gasteiger partial charge in [-0.1, -0.05) is 72.4 Å². The summed E-state index contributed by atoms with van der Waals surface area (Å²) in [6.07, 6.45) is 7.05. The lowest BCUT2D eigenvalue weighted by Crippen LogP contribution is -2.27. The van der Waals surface area contributed by atoms with E-state index in [-0.39, 0.29) is 12.5 Å². The highest BCUT2D eigenvalue weighted by atomic mass is 32.2. The van der Waals surface area contributed by atoms with Crippen LogP contribution in [0.5, 0.6) is 11.5 Å². The third-order valence-corrected chi connectivity index (χ3v) is 5.90. The van der Waals surface area contributed by atoms with Crippen molar-refractivity contribution in [1.29, 1.82) is 0 Å². The zero-order valence-electron chi connectivity index (χ0n) is 16.1. The van der Waals surface area contributed by atoms with Gasteiger partial charge in [0.1, 0.15) is 6.61 Å². The lowest BCUT2D eigenvalue weighted by Gasteiger charge is -2.17. The first-order valence-corrected chi connectivity index (χ1v) is 10.3. The number of amides is 1. The Balaban J connectivity index is 1.67. The van der Waals surface area contributed by atoms with Crippen molar-refractivity contribution in [2.45, 2.75) is 0 Å². The number of benzene rings is 3. The molecule has 1 fully saturated rings. The van der Waals surface area contributed by atoms with E-state index in [9.17, 15) is 4.79 Å². The topological polar surface area (TPSA) is 38.8 Å². The van der Waals surface area contributed by atoms with E-state index < -0.39 is 0 Å². The van der Waals surface area contributed by atoms with Crippen LogP contribution in [0.3, 0.4) is 0 Å². The van der Waals surface area contributed by atoms with Gasteiger partial charge >= 0.3 is 0 Å². The molecule has 4 rings (SSSR count). The Bertz CT molecular complexity index is 1220. The van der Waals surface area contributed by atoms with Gasteiger partial charge in [0.25, 0.3) is 5.91 Å². The molecule has 0 N–H and O–H groups in total. The number of anilines is 1. The smallest absolute Gasteiger partial charge is 0.270 e. The SMILES string of the molecule is C#CCOc1ccc(/C=C2/SC(=S)N(c3cccc4ccccc34)C2=O)cc1OC. The summed E-state index contributed by atoms with van der Waals surface area (Å²) < 4.78 is 11.4. The van der Waals surface area contributed by atoms with Crippen LogP contribution in [-0.2, 0) is 4.79 Å². The van der Waals surface area contributed by atoms with Gasteiger partial charge in [-0.15, -0.1) is 6.42 Å². The minimum absolute atomic E-state index is 0.145. The van der Waals surface area contributed by atoms with Crippen molar-refractivity contribution < 1.29 is 14.3 Å². The largest absolute Gasteiger partial charge is 0.493 e. The molecule has 148 valence electrons. The summed E-state index contributed by atoms with van der Waals surface area (Å²) in [6.45, 7) is 0.152. The van der Waals surface area contributed by atoms with Gasteiger partial charge in [0.2, 0.25) is 0 Å². The maximum Gasteiger partial charge on any atom is 0.270 e. The Labute approximate surface area is 184 Å². The van der Waals surface area contributed by atoms with Crippen molar-refractivity contribution in [2.24, 2.45) is 0 Å². The summed E-state index contributed by atoms with van der Waals surface area (Å²) in [5.74, 6) is 3.38. The first-order valence-electron chi connectivity index (χ1n) is 9.12. The molecule has 30 heavy (non-hydrogen) atoms. The highest BCUT2D eigenvalue weighted by Gasteiger charge is 2.34. The van der Waals surface area contributed by atoms with Crippen LogP contribution in [0.2, 0.25) is 0 Å². The van der Waals surface area contributed by atoms with E-state index in [1.165, 1.54) is 11.8 Å². The summed E-state index contributed by atoms with van der Waals surface area (Å²) in [4.78, 5) is 15.3. The molecule has 0 aliphatic carbocycles. The van der Waals surface area contributed by atoms with Gasteiger partial charge < -0.3 is 9.47 Å². The van der Waals surface area contributed by atoms with Crippen molar-refractivity contribution in [3.8, 4) is 23.8 Å². The lowest BCUT2D eigenvalue weighted by molar-refractivity contribution is -0.113. The third kappa shape index (κ3) is 3.78. The van der Waals surface area contributed by atoms with Crippen LogP contribution in [0.15, 0.2) is 65.6 Å². The number of thioether (sulfide) groups is 1. The minimum atomic E-state index is -0.145. The number of hydrogen-bond donors (Lipinski definition) is 0. The van der Waals surface area contributed by atoms with E-state index in [0.717, 1.165) is 22.0 Å². The number of carbonyl (C=O) groups excluding carboxylic acids is 1. The van der Waals surface area contributed by atoms with Crippen molar-refractivity contribution >= 4 is 56.7 Å². The zero-order valence-corrected chi connectivity index (χ0v) is 17.8. The molecule has 3 aromatic carbocycles. The van der Waals surface area contributed by atoms with Gasteiger partial charge in [0.15, 0.2) is 15.8 Å². The summed E-state index contributed by atoms with van der Waals surface area (Å²) >= 11 is 6.82. The van der Waals surface area contributed by atoms with Gasteiger partial charge in [-0.05, 0) is 35.2 Å². The number of nitrogens with zero attached hydrogens (tertiary/aromatic N) is 1. The molecule has 3 aromatic rings. The monoisotopic (exact) mass is 431 g/mol. The van der Waals surface area contributed by atoms with Crippen molar-refractivity contribution in [3.05, 3.63) is 71.1 Å². The number of fused-ring (bicyclic) bond motifs is 1. The molecule has 0 atom stereocenters. The highest BCUT2D eigenvalue weighted by Crippen LogP contribution is 2.39. The standard InChI is InChI=1S/C24H17NO3S2/c1-3-13-28-20-12-11-16(14-21(20)27-2)15-22-23(26)25(24(29)30-22)19-10-6-8-17-7-4-5-9-18(17)19/h1,4-12,14-15H,13H2,2H3/b22-15+. The van der Waals surface area contributed by atoms with Crippen LogP contribution >= 0.6 is 24.0 Å². The molecule has 0 spiro atoms. The predicted octanol–water partition coefficient (Wildman–Crippen LogP) is 5.27. The second kappa shape index (κ2) is 8.62. The molecule has 1 heterocycles. The summed E-state index contributed by atoms with van der Waals surface area (Å²) in [7, 11) is 1.56. The highest BCUT2D eigenvalue weighted by molar-refractivity contribution is 8.27. The van der Waals surface area contributed by atoms with E-state index in [1.54, 1.807) is 30.2 Å². The van der Waals surface area contributed by atoms with E-state index >= 15 is 0 Å². The first-order chi connectivity index (χ1) is 14.6. The Morgan fingerprint density at radius 2 is 1.93 bits per heavy atom. The van der Waals surface area contributed by atoms with Gasteiger partial charge in [-0.3, -0.25) is 9.69 Å². The zero-order chi connectivity index (χ0) is 21.1. The average Bonchev–Trinajstić information content (AvgIpc) is 3.05. The van der Waals surface area contributed by atoms with Crippen molar-refractivity contribution in [1.82, 2.24) is 0 Å². The fraction of sp³-hybridized carbons (Fsp3) is 0.0833. The van der Waals surface area contributed by atoms with Gasteiger partial charge in [0.05, 0.1) is 17.7 Å². The number of hydrogen-bond acceptors (Lipinski definition) is 5. The minimum Gasteiger partial charge on any atom is -0.493 e. The Kier molecular flexibility index (Phi) is 5.75. The molecule has 1 aliphatic rings.